The van der Waals surface area contributed by atoms with E-state index in [4.69, 9.17) is 22.1 Å². The van der Waals surface area contributed by atoms with E-state index < -0.39 is 0 Å². The summed E-state index contributed by atoms with van der Waals surface area (Å²) in [6.45, 7) is 1.48. The van der Waals surface area contributed by atoms with E-state index in [1.54, 1.807) is 0 Å². The second kappa shape index (κ2) is 5.95. The third-order valence-corrected chi connectivity index (χ3v) is 5.30. The van der Waals surface area contributed by atoms with Gasteiger partial charge in [-0.25, -0.2) is 0 Å². The molecule has 3 rings (SSSR count). The maximum Gasteiger partial charge on any atom is 0.138 e. The fourth-order valence-corrected chi connectivity index (χ4v) is 3.72. The van der Waals surface area contributed by atoms with Crippen LogP contribution >= 0.6 is 11.6 Å². The molecule has 0 aromatic heterocycles. The van der Waals surface area contributed by atoms with E-state index in [2.05, 4.69) is 12.1 Å². The Balaban J connectivity index is 1.85. The summed E-state index contributed by atoms with van der Waals surface area (Å²) in [5.41, 5.74) is 7.39. The molecule has 1 aromatic carbocycles. The lowest BCUT2D eigenvalue weighted by Crippen LogP contribution is -2.37. The van der Waals surface area contributed by atoms with Crippen LogP contribution in [0.15, 0.2) is 18.2 Å². The van der Waals surface area contributed by atoms with E-state index in [1.807, 2.05) is 6.07 Å². The fraction of sp³-hybridized carbons (Fsp3) is 0.647. The number of halogens is 1. The van der Waals surface area contributed by atoms with E-state index in [0.29, 0.717) is 6.54 Å². The van der Waals surface area contributed by atoms with Crippen LogP contribution < -0.4 is 10.5 Å². The summed E-state index contributed by atoms with van der Waals surface area (Å²) in [4.78, 5) is 0. The van der Waals surface area contributed by atoms with Crippen LogP contribution in [0.25, 0.3) is 0 Å². The monoisotopic (exact) mass is 293 g/mol. The maximum atomic E-state index is 6.63. The highest BCUT2D eigenvalue weighted by Crippen LogP contribution is 2.44. The van der Waals surface area contributed by atoms with Crippen molar-refractivity contribution >= 4 is 11.6 Å². The summed E-state index contributed by atoms with van der Waals surface area (Å²) in [6.07, 6.45) is 8.71. The van der Waals surface area contributed by atoms with Crippen molar-refractivity contribution in [2.75, 3.05) is 13.2 Å². The SMILES string of the molecule is NCC1(c2cccc(OCC3CC3)c2Cl)CCCCC1. The lowest BCUT2D eigenvalue weighted by Gasteiger charge is -2.37. The Morgan fingerprint density at radius 3 is 2.60 bits per heavy atom. The first-order valence-electron chi connectivity index (χ1n) is 7.87. The molecule has 0 amide bonds. The van der Waals surface area contributed by atoms with Gasteiger partial charge in [0.05, 0.1) is 11.6 Å². The van der Waals surface area contributed by atoms with Crippen LogP contribution in [-0.2, 0) is 5.41 Å². The molecule has 2 nitrogen and oxygen atoms in total. The summed E-state index contributed by atoms with van der Waals surface area (Å²) in [6, 6.07) is 6.20. The Kier molecular flexibility index (Phi) is 4.23. The van der Waals surface area contributed by atoms with Crippen molar-refractivity contribution in [2.45, 2.75) is 50.4 Å². The summed E-state index contributed by atoms with van der Waals surface area (Å²) in [5, 5.41) is 0.792. The van der Waals surface area contributed by atoms with Gasteiger partial charge in [0.1, 0.15) is 5.75 Å². The molecule has 110 valence electrons. The number of ether oxygens (including phenoxy) is 1. The van der Waals surface area contributed by atoms with Crippen LogP contribution in [0.2, 0.25) is 5.02 Å². The molecule has 0 spiro atoms. The topological polar surface area (TPSA) is 35.2 Å². The molecule has 0 saturated heterocycles. The molecular weight excluding hydrogens is 270 g/mol. The van der Waals surface area contributed by atoms with Crippen molar-refractivity contribution in [3.05, 3.63) is 28.8 Å². The molecule has 0 aliphatic heterocycles. The van der Waals surface area contributed by atoms with Crippen LogP contribution in [0.1, 0.15) is 50.5 Å². The zero-order valence-electron chi connectivity index (χ0n) is 12.0. The molecule has 2 aliphatic carbocycles. The van der Waals surface area contributed by atoms with Crippen molar-refractivity contribution in [2.24, 2.45) is 11.7 Å². The van der Waals surface area contributed by atoms with Gasteiger partial charge in [0, 0.05) is 12.0 Å². The molecule has 20 heavy (non-hydrogen) atoms. The average Bonchev–Trinajstić information content (AvgIpc) is 3.31. The van der Waals surface area contributed by atoms with Gasteiger partial charge in [-0.1, -0.05) is 43.0 Å². The Bertz CT molecular complexity index is 464. The van der Waals surface area contributed by atoms with Crippen molar-refractivity contribution < 1.29 is 4.74 Å². The largest absolute Gasteiger partial charge is 0.492 e. The zero-order valence-corrected chi connectivity index (χ0v) is 12.8. The van der Waals surface area contributed by atoms with Gasteiger partial charge in [0.15, 0.2) is 0 Å². The predicted octanol–water partition coefficient (Wildman–Crippen LogP) is 4.29. The minimum absolute atomic E-state index is 0.0638. The Morgan fingerprint density at radius 2 is 1.95 bits per heavy atom. The lowest BCUT2D eigenvalue weighted by atomic mass is 9.69. The summed E-state index contributed by atoms with van der Waals surface area (Å²) < 4.78 is 5.91. The summed E-state index contributed by atoms with van der Waals surface area (Å²) in [5.74, 6) is 1.59. The predicted molar refractivity (Wildman–Crippen MR) is 83.5 cm³/mol. The third kappa shape index (κ3) is 2.82. The molecule has 2 aliphatic rings. The molecule has 0 unspecified atom stereocenters. The molecular formula is C17H24ClNO. The van der Waals surface area contributed by atoms with Gasteiger partial charge in [-0.2, -0.15) is 0 Å². The quantitative estimate of drug-likeness (QED) is 0.879. The number of benzene rings is 1. The highest BCUT2D eigenvalue weighted by atomic mass is 35.5. The average molecular weight is 294 g/mol. The van der Waals surface area contributed by atoms with Crippen LogP contribution in [0.5, 0.6) is 5.75 Å². The first-order chi connectivity index (χ1) is 9.75. The van der Waals surface area contributed by atoms with E-state index >= 15 is 0 Å². The number of nitrogens with two attached hydrogens (primary N) is 1. The van der Waals surface area contributed by atoms with Gasteiger partial charge >= 0.3 is 0 Å². The molecule has 0 bridgehead atoms. The normalized spacial score (nSPS) is 21.7. The van der Waals surface area contributed by atoms with E-state index in [-0.39, 0.29) is 5.41 Å². The smallest absolute Gasteiger partial charge is 0.138 e. The second-order valence-electron chi connectivity index (χ2n) is 6.42. The number of hydrogen-bond donors (Lipinski definition) is 1. The molecule has 0 atom stereocenters. The van der Waals surface area contributed by atoms with Gasteiger partial charge in [-0.05, 0) is 43.2 Å². The first kappa shape index (κ1) is 14.2. The summed E-state index contributed by atoms with van der Waals surface area (Å²) in [7, 11) is 0. The zero-order chi connectivity index (χ0) is 14.0. The van der Waals surface area contributed by atoms with Crippen LogP contribution in [0.4, 0.5) is 0 Å². The minimum atomic E-state index is 0.0638. The van der Waals surface area contributed by atoms with Crippen LogP contribution in [0.3, 0.4) is 0 Å². The van der Waals surface area contributed by atoms with Gasteiger partial charge in [0.25, 0.3) is 0 Å². The van der Waals surface area contributed by atoms with Gasteiger partial charge in [-0.3, -0.25) is 0 Å². The molecule has 2 saturated carbocycles. The standard InChI is InChI=1S/C17H24ClNO/c18-16-14(17(12-19)9-2-1-3-10-17)5-4-6-15(16)20-11-13-7-8-13/h4-6,13H,1-3,7-12,19H2. The minimum Gasteiger partial charge on any atom is -0.492 e. The van der Waals surface area contributed by atoms with E-state index in [1.165, 1.54) is 37.7 Å². The Hall–Kier alpha value is -0.730. The molecule has 0 radical (unpaired) electrons. The van der Waals surface area contributed by atoms with Crippen molar-refractivity contribution in [1.82, 2.24) is 0 Å². The Morgan fingerprint density at radius 1 is 1.20 bits per heavy atom. The highest BCUT2D eigenvalue weighted by molar-refractivity contribution is 6.33. The molecule has 1 aromatic rings. The van der Waals surface area contributed by atoms with Crippen molar-refractivity contribution in [3.8, 4) is 5.75 Å². The van der Waals surface area contributed by atoms with Crippen molar-refractivity contribution in [3.63, 3.8) is 0 Å². The maximum absolute atomic E-state index is 6.63. The third-order valence-electron chi connectivity index (χ3n) is 4.91. The molecule has 3 heteroatoms. The fourth-order valence-electron chi connectivity index (χ4n) is 3.34. The van der Waals surface area contributed by atoms with Gasteiger partial charge < -0.3 is 10.5 Å². The van der Waals surface area contributed by atoms with Crippen LogP contribution in [-0.4, -0.2) is 13.2 Å². The Labute approximate surface area is 126 Å². The van der Waals surface area contributed by atoms with Crippen molar-refractivity contribution in [1.29, 1.82) is 0 Å². The molecule has 0 heterocycles. The van der Waals surface area contributed by atoms with E-state index in [0.717, 1.165) is 36.1 Å². The van der Waals surface area contributed by atoms with Gasteiger partial charge in [-0.15, -0.1) is 0 Å². The first-order valence-corrected chi connectivity index (χ1v) is 8.25. The number of rotatable bonds is 5. The molecule has 2 fully saturated rings. The second-order valence-corrected chi connectivity index (χ2v) is 6.80. The van der Waals surface area contributed by atoms with Gasteiger partial charge in [0.2, 0.25) is 0 Å². The van der Waals surface area contributed by atoms with Crippen LogP contribution in [0, 0.1) is 5.92 Å². The number of hydrogen-bond acceptors (Lipinski definition) is 2. The summed E-state index contributed by atoms with van der Waals surface area (Å²) >= 11 is 6.63. The lowest BCUT2D eigenvalue weighted by molar-refractivity contribution is 0.288. The highest BCUT2D eigenvalue weighted by Gasteiger charge is 2.35. The molecule has 2 N–H and O–H groups in total. The van der Waals surface area contributed by atoms with E-state index in [9.17, 15) is 0 Å².